The maximum absolute atomic E-state index is 12.8. The van der Waals surface area contributed by atoms with Crippen LogP contribution in [0.15, 0.2) is 72.8 Å². The molecular weight excluding hydrogens is 346 g/mol. The topological polar surface area (TPSA) is 53.1 Å². The lowest BCUT2D eigenvalue weighted by Gasteiger charge is -2.30. The number of nitrogens with one attached hydrogen (secondary N) is 1. The van der Waals surface area contributed by atoms with Gasteiger partial charge in [-0.3, -0.25) is 0 Å². The molecule has 0 aliphatic rings. The minimum Gasteiger partial charge on any atom is -0.508 e. The third-order valence-corrected chi connectivity index (χ3v) is 5.37. The molecule has 28 heavy (non-hydrogen) atoms. The van der Waals surface area contributed by atoms with Crippen molar-refractivity contribution in [2.24, 2.45) is 0 Å². The average molecular weight is 365 g/mol. The first-order valence-corrected chi connectivity index (χ1v) is 9.01. The zero-order valence-electron chi connectivity index (χ0n) is 15.4. The Labute approximate surface area is 163 Å². The number of carbonyl (C=O) groups is 1. The second-order valence-corrected chi connectivity index (χ2v) is 6.87. The number of terminal acetylenes is 1. The number of aryl methyl sites for hydroxylation is 1. The summed E-state index contributed by atoms with van der Waals surface area (Å²) in [5.74, 6) is 2.77. The highest BCUT2D eigenvalue weighted by Crippen LogP contribution is 2.41. The van der Waals surface area contributed by atoms with Crippen LogP contribution in [-0.2, 0) is 10.2 Å². The van der Waals surface area contributed by atoms with E-state index in [2.05, 4.69) is 10.9 Å². The number of H-pyrrole nitrogens is 1. The summed E-state index contributed by atoms with van der Waals surface area (Å²) in [5, 5.41) is 10.8. The van der Waals surface area contributed by atoms with Crippen LogP contribution in [0.1, 0.15) is 27.9 Å². The molecule has 1 atom stereocenters. The Morgan fingerprint density at radius 1 is 0.964 bits per heavy atom. The number of hydrogen-bond acceptors (Lipinski definition) is 2. The Morgan fingerprint density at radius 3 is 2.14 bits per heavy atom. The maximum atomic E-state index is 12.8. The number of aldehydes is 1. The Balaban J connectivity index is 2.07. The van der Waals surface area contributed by atoms with Crippen LogP contribution in [0, 0.1) is 19.3 Å². The van der Waals surface area contributed by atoms with Crippen molar-refractivity contribution in [3.05, 3.63) is 101 Å². The van der Waals surface area contributed by atoms with Gasteiger partial charge in [-0.25, -0.2) is 0 Å². The molecule has 0 radical (unpaired) electrons. The lowest BCUT2D eigenvalue weighted by molar-refractivity contribution is -0.110. The van der Waals surface area contributed by atoms with Crippen LogP contribution in [-0.4, -0.2) is 16.4 Å². The molecule has 0 unspecified atom stereocenters. The number of fused-ring (bicyclic) bond motifs is 1. The molecule has 3 aromatic carbocycles. The molecule has 4 aromatic rings. The molecule has 3 heteroatoms. The fourth-order valence-corrected chi connectivity index (χ4v) is 3.88. The molecule has 0 aliphatic heterocycles. The number of rotatable bonds is 4. The minimum atomic E-state index is -1.05. The fraction of sp³-hybridized carbons (Fsp3) is 0.0800. The van der Waals surface area contributed by atoms with Gasteiger partial charge in [-0.2, -0.15) is 0 Å². The van der Waals surface area contributed by atoms with E-state index in [4.69, 9.17) is 6.42 Å². The van der Waals surface area contributed by atoms with Crippen molar-refractivity contribution in [3.8, 4) is 18.1 Å². The number of phenols is 1. The first-order chi connectivity index (χ1) is 13.6. The van der Waals surface area contributed by atoms with Crippen LogP contribution in [0.5, 0.6) is 5.75 Å². The molecule has 3 nitrogen and oxygen atoms in total. The van der Waals surface area contributed by atoms with Crippen molar-refractivity contribution in [2.75, 3.05) is 0 Å². The summed E-state index contributed by atoms with van der Waals surface area (Å²) >= 11 is 0. The average Bonchev–Trinajstić information content (AvgIpc) is 3.08. The van der Waals surface area contributed by atoms with Gasteiger partial charge in [-0.1, -0.05) is 48.4 Å². The van der Waals surface area contributed by atoms with Crippen LogP contribution in [0.25, 0.3) is 10.9 Å². The largest absolute Gasteiger partial charge is 0.508 e. The lowest BCUT2D eigenvalue weighted by atomic mass is 9.72. The number of aromatic hydroxyl groups is 1. The van der Waals surface area contributed by atoms with Gasteiger partial charge in [0.1, 0.15) is 17.5 Å². The van der Waals surface area contributed by atoms with E-state index in [1.165, 1.54) is 0 Å². The summed E-state index contributed by atoms with van der Waals surface area (Å²) < 4.78 is 0. The molecule has 0 aliphatic carbocycles. The highest BCUT2D eigenvalue weighted by Gasteiger charge is 2.39. The van der Waals surface area contributed by atoms with Crippen molar-refractivity contribution in [1.82, 2.24) is 4.98 Å². The quantitative estimate of drug-likeness (QED) is 0.407. The van der Waals surface area contributed by atoms with Crippen molar-refractivity contribution in [3.63, 3.8) is 0 Å². The summed E-state index contributed by atoms with van der Waals surface area (Å²) in [7, 11) is 0. The van der Waals surface area contributed by atoms with Crippen LogP contribution in [0.4, 0.5) is 0 Å². The molecule has 0 saturated carbocycles. The molecule has 1 heterocycles. The fourth-order valence-electron chi connectivity index (χ4n) is 3.88. The molecule has 0 amide bonds. The van der Waals surface area contributed by atoms with Crippen LogP contribution < -0.4 is 0 Å². The summed E-state index contributed by atoms with van der Waals surface area (Å²) in [6.07, 6.45) is 6.46. The van der Waals surface area contributed by atoms with Crippen LogP contribution in [0.3, 0.4) is 0 Å². The first-order valence-electron chi connectivity index (χ1n) is 9.01. The number of para-hydroxylation sites is 1. The monoisotopic (exact) mass is 365 g/mol. The molecular formula is C25H19NO2. The van der Waals surface area contributed by atoms with Crippen molar-refractivity contribution in [1.29, 1.82) is 0 Å². The first kappa shape index (κ1) is 17.6. The van der Waals surface area contributed by atoms with Crippen LogP contribution in [0.2, 0.25) is 0 Å². The number of phenolic OH excluding ortho intramolecular Hbond substituents is 1. The van der Waals surface area contributed by atoms with Gasteiger partial charge in [0.25, 0.3) is 0 Å². The third kappa shape index (κ3) is 2.59. The van der Waals surface area contributed by atoms with Gasteiger partial charge in [0, 0.05) is 22.2 Å². The smallest absolute Gasteiger partial charge is 0.140 e. The Morgan fingerprint density at radius 2 is 1.57 bits per heavy atom. The molecule has 1 aromatic heterocycles. The zero-order chi connectivity index (χ0) is 19.7. The standard InChI is InChI=1S/C25H19NO2/c1-3-18-8-10-19(11-9-18)25(16-27,20-12-14-21(28)15-13-20)24-17(2)22-6-4-5-7-23(22)26-24/h1,4-16,26,28H,2H3/t25-/m1/s1. The molecule has 2 N–H and O–H groups in total. The molecule has 0 saturated heterocycles. The van der Waals surface area contributed by atoms with Gasteiger partial charge in [-0.05, 0) is 53.9 Å². The Kier molecular flexibility index (Phi) is 4.25. The van der Waals surface area contributed by atoms with E-state index in [9.17, 15) is 9.90 Å². The van der Waals surface area contributed by atoms with Gasteiger partial charge >= 0.3 is 0 Å². The van der Waals surface area contributed by atoms with E-state index in [0.29, 0.717) is 0 Å². The number of aromatic nitrogens is 1. The molecule has 0 fully saturated rings. The highest BCUT2D eigenvalue weighted by molar-refractivity contribution is 5.90. The van der Waals surface area contributed by atoms with Gasteiger partial charge in [0.15, 0.2) is 0 Å². The van der Waals surface area contributed by atoms with Crippen LogP contribution >= 0.6 is 0 Å². The summed E-state index contributed by atoms with van der Waals surface area (Å²) in [6.45, 7) is 2.02. The predicted molar refractivity (Wildman–Crippen MR) is 111 cm³/mol. The molecule has 136 valence electrons. The van der Waals surface area contributed by atoms with E-state index in [1.807, 2.05) is 55.5 Å². The van der Waals surface area contributed by atoms with E-state index >= 15 is 0 Å². The van der Waals surface area contributed by atoms with E-state index in [1.54, 1.807) is 24.3 Å². The number of hydrogen-bond donors (Lipinski definition) is 2. The highest BCUT2D eigenvalue weighted by atomic mass is 16.3. The van der Waals surface area contributed by atoms with E-state index in [-0.39, 0.29) is 5.75 Å². The third-order valence-electron chi connectivity index (χ3n) is 5.37. The molecule has 4 rings (SSSR count). The van der Waals surface area contributed by atoms with Crippen molar-refractivity contribution < 1.29 is 9.90 Å². The van der Waals surface area contributed by atoms with Crippen molar-refractivity contribution in [2.45, 2.75) is 12.3 Å². The van der Waals surface area contributed by atoms with E-state index < -0.39 is 5.41 Å². The molecule has 0 bridgehead atoms. The zero-order valence-corrected chi connectivity index (χ0v) is 15.4. The number of benzene rings is 3. The molecule has 0 spiro atoms. The summed E-state index contributed by atoms with van der Waals surface area (Å²) in [4.78, 5) is 16.2. The minimum absolute atomic E-state index is 0.152. The second-order valence-electron chi connectivity index (χ2n) is 6.87. The van der Waals surface area contributed by atoms with E-state index in [0.717, 1.165) is 45.1 Å². The number of carbonyl (C=O) groups excluding carboxylic acids is 1. The SMILES string of the molecule is C#Cc1ccc([C@](C=O)(c2ccc(O)cc2)c2[nH]c3ccccc3c2C)cc1. The van der Waals surface area contributed by atoms with Gasteiger partial charge in [0.2, 0.25) is 0 Å². The van der Waals surface area contributed by atoms with Gasteiger partial charge < -0.3 is 14.9 Å². The van der Waals surface area contributed by atoms with Gasteiger partial charge in [-0.15, -0.1) is 6.42 Å². The summed E-state index contributed by atoms with van der Waals surface area (Å²) in [6, 6.07) is 22.2. The normalized spacial score (nSPS) is 13.0. The summed E-state index contributed by atoms with van der Waals surface area (Å²) in [5.41, 5.74) is 4.07. The Hall–Kier alpha value is -3.77. The predicted octanol–water partition coefficient (Wildman–Crippen LogP) is 4.70. The van der Waals surface area contributed by atoms with Gasteiger partial charge in [0.05, 0.1) is 0 Å². The lowest BCUT2D eigenvalue weighted by Crippen LogP contribution is -2.32. The number of aromatic amines is 1. The second kappa shape index (κ2) is 6.75. The Bertz CT molecular complexity index is 1190. The van der Waals surface area contributed by atoms with Crippen molar-refractivity contribution >= 4 is 17.2 Å². The maximum Gasteiger partial charge on any atom is 0.140 e.